The third kappa shape index (κ3) is 3.20. The predicted molar refractivity (Wildman–Crippen MR) is 73.7 cm³/mol. The van der Waals surface area contributed by atoms with E-state index in [-0.39, 0.29) is 0 Å². The molecule has 0 aliphatic rings. The molecule has 0 radical (unpaired) electrons. The molecular weight excluding hydrogens is 297 g/mol. The first kappa shape index (κ1) is 16.3. The molecule has 2 heterocycles. The maximum absolute atomic E-state index is 13.3. The van der Waals surface area contributed by atoms with Gasteiger partial charge in [-0.2, -0.15) is 23.4 Å². The lowest BCUT2D eigenvalue weighted by Gasteiger charge is -2.21. The highest BCUT2D eigenvalue weighted by Crippen LogP contribution is 2.34. The molecule has 2 aromatic heterocycles. The molecule has 0 aliphatic heterocycles. The quantitative estimate of drug-likeness (QED) is 0.874. The number of aryl methyl sites for hydroxylation is 4. The van der Waals surface area contributed by atoms with Gasteiger partial charge in [-0.3, -0.25) is 9.48 Å². The van der Waals surface area contributed by atoms with E-state index in [4.69, 9.17) is 0 Å². The highest BCUT2D eigenvalue weighted by atomic mass is 19.4. The van der Waals surface area contributed by atoms with Gasteiger partial charge in [0, 0.05) is 11.4 Å². The third-order valence-electron chi connectivity index (χ3n) is 3.33. The normalized spacial score (nSPS) is 13.4. The van der Waals surface area contributed by atoms with Crippen LogP contribution in [0.15, 0.2) is 12.1 Å². The summed E-state index contributed by atoms with van der Waals surface area (Å²) in [4.78, 5) is 12.2. The molecule has 22 heavy (non-hydrogen) atoms. The Hall–Kier alpha value is -2.12. The molecule has 0 N–H and O–H groups in total. The van der Waals surface area contributed by atoms with Crippen molar-refractivity contribution in [2.45, 2.75) is 46.3 Å². The number of carbonyl (C=O) groups excluding carboxylic acids is 1. The summed E-state index contributed by atoms with van der Waals surface area (Å²) in [5.41, 5.74) is 1.93. The zero-order chi connectivity index (χ0) is 16.7. The summed E-state index contributed by atoms with van der Waals surface area (Å²) in [5.74, 6) is -0.708. The molecule has 0 aliphatic carbocycles. The highest BCUT2D eigenvalue weighted by Gasteiger charge is 2.44. The fourth-order valence-corrected chi connectivity index (χ4v) is 2.44. The monoisotopic (exact) mass is 314 g/mol. The topological polar surface area (TPSA) is 52.7 Å². The van der Waals surface area contributed by atoms with Crippen molar-refractivity contribution in [2.24, 2.45) is 0 Å². The first-order valence-electron chi connectivity index (χ1n) is 6.75. The molecular formula is C14H17F3N4O. The van der Waals surface area contributed by atoms with E-state index in [1.54, 1.807) is 32.9 Å². The first-order chi connectivity index (χ1) is 10.1. The molecule has 5 nitrogen and oxygen atoms in total. The molecule has 2 rings (SSSR count). The molecule has 1 atom stereocenters. The smallest absolute Gasteiger partial charge is 0.272 e. The average Bonchev–Trinajstić information content (AvgIpc) is 2.86. The Kier molecular flexibility index (Phi) is 4.12. The van der Waals surface area contributed by atoms with E-state index < -0.39 is 24.5 Å². The van der Waals surface area contributed by atoms with Crippen LogP contribution in [-0.4, -0.2) is 31.6 Å². The van der Waals surface area contributed by atoms with Gasteiger partial charge >= 0.3 is 6.18 Å². The molecule has 0 aromatic carbocycles. The van der Waals surface area contributed by atoms with Crippen molar-refractivity contribution in [3.63, 3.8) is 0 Å². The number of aromatic nitrogens is 4. The second-order valence-electron chi connectivity index (χ2n) is 5.37. The van der Waals surface area contributed by atoms with Gasteiger partial charge in [-0.1, -0.05) is 0 Å². The Morgan fingerprint density at radius 3 is 2.05 bits per heavy atom. The number of hydrogen-bond acceptors (Lipinski definition) is 3. The van der Waals surface area contributed by atoms with Gasteiger partial charge in [0.15, 0.2) is 6.04 Å². The van der Waals surface area contributed by atoms with Gasteiger partial charge in [-0.25, -0.2) is 4.68 Å². The largest absolute Gasteiger partial charge is 0.411 e. The van der Waals surface area contributed by atoms with Gasteiger partial charge in [-0.15, -0.1) is 0 Å². The summed E-state index contributed by atoms with van der Waals surface area (Å²) >= 11 is 0. The molecule has 0 amide bonds. The Bertz CT molecular complexity index is 699. The van der Waals surface area contributed by atoms with Crippen LogP contribution in [-0.2, 0) is 0 Å². The van der Waals surface area contributed by atoms with E-state index in [0.717, 1.165) is 9.36 Å². The van der Waals surface area contributed by atoms with E-state index in [9.17, 15) is 18.0 Å². The second kappa shape index (κ2) is 5.58. The molecule has 1 unspecified atom stereocenters. The van der Waals surface area contributed by atoms with Gasteiger partial charge in [-0.05, 0) is 39.8 Å². The number of hydrogen-bond donors (Lipinski definition) is 0. The van der Waals surface area contributed by atoms with Crippen LogP contribution >= 0.6 is 0 Å². The van der Waals surface area contributed by atoms with Crippen LogP contribution in [0.5, 0.6) is 0 Å². The Balaban J connectivity index is 2.34. The lowest BCUT2D eigenvalue weighted by molar-refractivity contribution is -0.170. The van der Waals surface area contributed by atoms with Crippen molar-refractivity contribution in [3.8, 4) is 0 Å². The summed E-state index contributed by atoms with van der Waals surface area (Å²) in [6.07, 6.45) is -5.32. The minimum Gasteiger partial charge on any atom is -0.272 e. The Labute approximate surface area is 125 Å². The van der Waals surface area contributed by atoms with Crippen molar-refractivity contribution in [2.75, 3.05) is 0 Å². The molecule has 0 bridgehead atoms. The van der Waals surface area contributed by atoms with E-state index >= 15 is 0 Å². The summed E-state index contributed by atoms with van der Waals surface area (Å²) in [6, 6.07) is 1.19. The molecule has 2 aromatic rings. The lowest BCUT2D eigenvalue weighted by Crippen LogP contribution is -2.32. The van der Waals surface area contributed by atoms with Gasteiger partial charge < -0.3 is 0 Å². The Morgan fingerprint density at radius 2 is 1.64 bits per heavy atom. The number of nitrogens with zero attached hydrogens (tertiary/aromatic N) is 4. The van der Waals surface area contributed by atoms with E-state index in [0.29, 0.717) is 22.8 Å². The van der Waals surface area contributed by atoms with Crippen molar-refractivity contribution >= 4 is 5.91 Å². The zero-order valence-electron chi connectivity index (χ0n) is 12.8. The minimum absolute atomic E-state index is 0.362. The summed E-state index contributed by atoms with van der Waals surface area (Å²) in [5, 5.41) is 7.80. The first-order valence-corrected chi connectivity index (χ1v) is 6.75. The molecule has 0 spiro atoms. The van der Waals surface area contributed by atoms with Gasteiger partial charge in [0.1, 0.15) is 0 Å². The predicted octanol–water partition coefficient (Wildman–Crippen LogP) is 3.15. The summed E-state index contributed by atoms with van der Waals surface area (Å²) < 4.78 is 41.9. The Morgan fingerprint density at radius 1 is 1.09 bits per heavy atom. The van der Waals surface area contributed by atoms with Crippen LogP contribution in [0.1, 0.15) is 40.0 Å². The van der Waals surface area contributed by atoms with Gasteiger partial charge in [0.2, 0.25) is 5.91 Å². The second-order valence-corrected chi connectivity index (χ2v) is 5.37. The van der Waals surface area contributed by atoms with Crippen LogP contribution < -0.4 is 0 Å². The van der Waals surface area contributed by atoms with E-state index in [2.05, 4.69) is 10.2 Å². The third-order valence-corrected chi connectivity index (χ3v) is 3.33. The molecule has 0 saturated heterocycles. The number of alkyl halides is 3. The van der Waals surface area contributed by atoms with Crippen LogP contribution in [0.2, 0.25) is 0 Å². The maximum Gasteiger partial charge on any atom is 0.411 e. The lowest BCUT2D eigenvalue weighted by atomic mass is 10.2. The highest BCUT2D eigenvalue weighted by molar-refractivity contribution is 5.79. The summed E-state index contributed by atoms with van der Waals surface area (Å²) in [7, 11) is 0. The zero-order valence-corrected chi connectivity index (χ0v) is 12.8. The molecule has 8 heteroatoms. The van der Waals surface area contributed by atoms with Gasteiger partial charge in [0.25, 0.3) is 0 Å². The average molecular weight is 314 g/mol. The van der Waals surface area contributed by atoms with Crippen molar-refractivity contribution < 1.29 is 18.0 Å². The molecule has 120 valence electrons. The standard InChI is InChI=1S/C14H17F3N4O/c1-8-5-10(3)20(18-8)12(14(15,16)17)7-13(22)21-11(4)6-9(2)19-21/h5-6,12H,7H2,1-4H3. The fraction of sp³-hybridized carbons (Fsp3) is 0.500. The van der Waals surface area contributed by atoms with Crippen molar-refractivity contribution in [3.05, 3.63) is 34.9 Å². The van der Waals surface area contributed by atoms with Crippen molar-refractivity contribution in [1.29, 1.82) is 0 Å². The summed E-state index contributed by atoms with van der Waals surface area (Å²) in [6.45, 7) is 6.45. The maximum atomic E-state index is 13.3. The van der Waals surface area contributed by atoms with Gasteiger partial charge in [0.05, 0.1) is 17.8 Å². The van der Waals surface area contributed by atoms with Crippen LogP contribution in [0.4, 0.5) is 13.2 Å². The van der Waals surface area contributed by atoms with Crippen molar-refractivity contribution in [1.82, 2.24) is 19.6 Å². The molecule has 0 fully saturated rings. The van der Waals surface area contributed by atoms with Crippen LogP contribution in [0, 0.1) is 27.7 Å². The van der Waals surface area contributed by atoms with Crippen LogP contribution in [0.3, 0.4) is 0 Å². The van der Waals surface area contributed by atoms with E-state index in [1.807, 2.05) is 0 Å². The number of rotatable bonds is 3. The van der Waals surface area contributed by atoms with E-state index in [1.165, 1.54) is 6.92 Å². The fourth-order valence-electron chi connectivity index (χ4n) is 2.44. The molecule has 0 saturated carbocycles. The SMILES string of the molecule is Cc1cc(C)n(C(=O)CC(n2nc(C)cc2C)C(F)(F)F)n1. The minimum atomic E-state index is -4.57. The number of carbonyl (C=O) groups is 1. The number of halogens is 3. The van der Waals surface area contributed by atoms with Crippen LogP contribution in [0.25, 0.3) is 0 Å².